The summed E-state index contributed by atoms with van der Waals surface area (Å²) in [5, 5.41) is 8.46. The average molecular weight is 188 g/mol. The Morgan fingerprint density at radius 3 is 3.08 bits per heavy atom. The van der Waals surface area contributed by atoms with Crippen LogP contribution in [0.25, 0.3) is 0 Å². The molecule has 1 fully saturated rings. The van der Waals surface area contributed by atoms with Gasteiger partial charge < -0.3 is 14.6 Å². The van der Waals surface area contributed by atoms with Crippen molar-refractivity contribution in [1.82, 2.24) is 0 Å². The Kier molecular flexibility index (Phi) is 4.18. The normalized spacial score (nSPS) is 24.5. The van der Waals surface area contributed by atoms with Crippen LogP contribution in [0.2, 0.25) is 0 Å². The Bertz CT molecular complexity index is 163. The number of rotatable bonds is 5. The van der Waals surface area contributed by atoms with E-state index in [1.807, 2.05) is 0 Å². The van der Waals surface area contributed by atoms with Gasteiger partial charge in [-0.15, -0.1) is 0 Å². The van der Waals surface area contributed by atoms with Gasteiger partial charge in [0.15, 0.2) is 0 Å². The molecule has 1 aliphatic rings. The highest BCUT2D eigenvalue weighted by atomic mass is 16.5. The zero-order chi connectivity index (χ0) is 9.68. The topological polar surface area (TPSA) is 55.8 Å². The summed E-state index contributed by atoms with van der Waals surface area (Å²) in [6.45, 7) is 3.10. The van der Waals surface area contributed by atoms with E-state index in [2.05, 4.69) is 0 Å². The highest BCUT2D eigenvalue weighted by Gasteiger charge is 2.17. The highest BCUT2D eigenvalue weighted by Crippen LogP contribution is 2.13. The number of ether oxygens (including phenoxy) is 2. The van der Waals surface area contributed by atoms with Gasteiger partial charge in [0.25, 0.3) is 0 Å². The van der Waals surface area contributed by atoms with Gasteiger partial charge in [-0.1, -0.05) is 0 Å². The maximum absolute atomic E-state index is 10.3. The molecule has 1 N–H and O–H groups in total. The van der Waals surface area contributed by atoms with E-state index in [1.165, 1.54) is 0 Å². The van der Waals surface area contributed by atoms with Crippen molar-refractivity contribution in [2.45, 2.75) is 38.4 Å². The van der Waals surface area contributed by atoms with E-state index in [0.717, 1.165) is 19.4 Å². The molecule has 13 heavy (non-hydrogen) atoms. The molecular weight excluding hydrogens is 172 g/mol. The molecule has 1 saturated heterocycles. The summed E-state index contributed by atoms with van der Waals surface area (Å²) in [6, 6.07) is 0. The molecule has 0 amide bonds. The van der Waals surface area contributed by atoms with E-state index in [1.54, 1.807) is 6.92 Å². The molecule has 0 saturated carbocycles. The van der Waals surface area contributed by atoms with Gasteiger partial charge in [0.05, 0.1) is 25.2 Å². The molecule has 0 bridgehead atoms. The van der Waals surface area contributed by atoms with Crippen molar-refractivity contribution in [2.75, 3.05) is 13.2 Å². The smallest absolute Gasteiger partial charge is 0.305 e. The predicted octanol–water partition coefficient (Wildman–Crippen LogP) is 1.05. The molecule has 0 aromatic rings. The largest absolute Gasteiger partial charge is 0.481 e. The van der Waals surface area contributed by atoms with Gasteiger partial charge in [-0.25, -0.2) is 0 Å². The number of carboxylic acids is 1. The van der Waals surface area contributed by atoms with Crippen LogP contribution in [0.15, 0.2) is 0 Å². The van der Waals surface area contributed by atoms with Crippen LogP contribution in [-0.4, -0.2) is 36.5 Å². The summed E-state index contributed by atoms with van der Waals surface area (Å²) in [5.74, 6) is -0.820. The number of carboxylic acid groups (broad SMARTS) is 1. The van der Waals surface area contributed by atoms with Gasteiger partial charge in [0.1, 0.15) is 0 Å². The minimum absolute atomic E-state index is 0.0622. The molecule has 1 heterocycles. The second kappa shape index (κ2) is 5.19. The summed E-state index contributed by atoms with van der Waals surface area (Å²) >= 11 is 0. The van der Waals surface area contributed by atoms with Crippen molar-refractivity contribution >= 4 is 5.97 Å². The van der Waals surface area contributed by atoms with Crippen LogP contribution in [0.3, 0.4) is 0 Å². The van der Waals surface area contributed by atoms with Crippen molar-refractivity contribution in [1.29, 1.82) is 0 Å². The molecular formula is C9H16O4. The summed E-state index contributed by atoms with van der Waals surface area (Å²) in [7, 11) is 0. The molecule has 4 heteroatoms. The summed E-state index contributed by atoms with van der Waals surface area (Å²) in [6.07, 6.45) is 2.13. The molecule has 0 radical (unpaired) electrons. The lowest BCUT2D eigenvalue weighted by atomic mass is 10.2. The third kappa shape index (κ3) is 4.24. The van der Waals surface area contributed by atoms with Crippen molar-refractivity contribution < 1.29 is 19.4 Å². The van der Waals surface area contributed by atoms with Gasteiger partial charge in [0.2, 0.25) is 0 Å². The first-order chi connectivity index (χ1) is 6.18. The minimum atomic E-state index is -0.820. The summed E-state index contributed by atoms with van der Waals surface area (Å²) in [5.41, 5.74) is 0. The van der Waals surface area contributed by atoms with Crippen LogP contribution in [0.1, 0.15) is 26.2 Å². The van der Waals surface area contributed by atoms with E-state index < -0.39 is 5.97 Å². The quantitative estimate of drug-likeness (QED) is 0.700. The van der Waals surface area contributed by atoms with Crippen LogP contribution in [-0.2, 0) is 14.3 Å². The molecule has 0 aromatic heterocycles. The minimum Gasteiger partial charge on any atom is -0.481 e. The fraction of sp³-hybridized carbons (Fsp3) is 0.889. The lowest BCUT2D eigenvalue weighted by Crippen LogP contribution is -2.21. The van der Waals surface area contributed by atoms with Gasteiger partial charge in [0, 0.05) is 6.61 Å². The zero-order valence-corrected chi connectivity index (χ0v) is 7.86. The van der Waals surface area contributed by atoms with E-state index in [9.17, 15) is 4.79 Å². The third-order valence-electron chi connectivity index (χ3n) is 2.05. The first-order valence-electron chi connectivity index (χ1n) is 4.63. The van der Waals surface area contributed by atoms with Gasteiger partial charge >= 0.3 is 5.97 Å². The third-order valence-corrected chi connectivity index (χ3v) is 2.05. The second-order valence-electron chi connectivity index (χ2n) is 3.38. The highest BCUT2D eigenvalue weighted by molar-refractivity contribution is 5.67. The molecule has 1 rings (SSSR count). The SMILES string of the molecule is C[C@H](CC(=O)O)OCC1CCCO1. The van der Waals surface area contributed by atoms with Crippen molar-refractivity contribution in [3.05, 3.63) is 0 Å². The van der Waals surface area contributed by atoms with E-state index in [4.69, 9.17) is 14.6 Å². The standard InChI is InChI=1S/C9H16O4/c1-7(5-9(10)11)13-6-8-3-2-4-12-8/h7-8H,2-6H2,1H3,(H,10,11)/t7-,8?/m1/s1. The van der Waals surface area contributed by atoms with Gasteiger partial charge in [-0.3, -0.25) is 4.79 Å². The van der Waals surface area contributed by atoms with Gasteiger partial charge in [-0.05, 0) is 19.8 Å². The Labute approximate surface area is 77.8 Å². The monoisotopic (exact) mass is 188 g/mol. The molecule has 0 spiro atoms. The summed E-state index contributed by atoms with van der Waals surface area (Å²) < 4.78 is 10.7. The number of hydrogen-bond donors (Lipinski definition) is 1. The molecule has 1 aliphatic heterocycles. The van der Waals surface area contributed by atoms with Crippen LogP contribution < -0.4 is 0 Å². The lowest BCUT2D eigenvalue weighted by molar-refractivity contribution is -0.140. The maximum atomic E-state index is 10.3. The Morgan fingerprint density at radius 1 is 1.77 bits per heavy atom. The second-order valence-corrected chi connectivity index (χ2v) is 3.38. The lowest BCUT2D eigenvalue weighted by Gasteiger charge is -2.14. The Hall–Kier alpha value is -0.610. The molecule has 1 unspecified atom stereocenters. The molecule has 76 valence electrons. The zero-order valence-electron chi connectivity index (χ0n) is 7.86. The molecule has 4 nitrogen and oxygen atoms in total. The van der Waals surface area contributed by atoms with E-state index >= 15 is 0 Å². The average Bonchev–Trinajstić information content (AvgIpc) is 2.51. The number of aliphatic carboxylic acids is 1. The molecule has 2 atom stereocenters. The number of carbonyl (C=O) groups is 1. The first-order valence-corrected chi connectivity index (χ1v) is 4.63. The Morgan fingerprint density at radius 2 is 2.54 bits per heavy atom. The fourth-order valence-electron chi connectivity index (χ4n) is 1.35. The van der Waals surface area contributed by atoms with Crippen LogP contribution in [0, 0.1) is 0 Å². The van der Waals surface area contributed by atoms with Crippen molar-refractivity contribution in [2.24, 2.45) is 0 Å². The van der Waals surface area contributed by atoms with Crippen LogP contribution in [0.5, 0.6) is 0 Å². The van der Waals surface area contributed by atoms with E-state index in [0.29, 0.717) is 6.61 Å². The van der Waals surface area contributed by atoms with Gasteiger partial charge in [-0.2, -0.15) is 0 Å². The first kappa shape index (κ1) is 10.5. The summed E-state index contributed by atoms with van der Waals surface area (Å²) in [4.78, 5) is 10.3. The molecule has 0 aromatic carbocycles. The number of hydrogen-bond acceptors (Lipinski definition) is 3. The molecule has 0 aliphatic carbocycles. The fourth-order valence-corrected chi connectivity index (χ4v) is 1.35. The van der Waals surface area contributed by atoms with E-state index in [-0.39, 0.29) is 18.6 Å². The predicted molar refractivity (Wildman–Crippen MR) is 46.6 cm³/mol. The Balaban J connectivity index is 2.06. The van der Waals surface area contributed by atoms with Crippen molar-refractivity contribution in [3.8, 4) is 0 Å². The maximum Gasteiger partial charge on any atom is 0.305 e. The van der Waals surface area contributed by atoms with Crippen LogP contribution >= 0.6 is 0 Å². The van der Waals surface area contributed by atoms with Crippen molar-refractivity contribution in [3.63, 3.8) is 0 Å². The van der Waals surface area contributed by atoms with Crippen LogP contribution in [0.4, 0.5) is 0 Å².